The largest absolute Gasteiger partial charge is 0.423 e. The summed E-state index contributed by atoms with van der Waals surface area (Å²) in [7, 11) is 0. The van der Waals surface area contributed by atoms with E-state index in [2.05, 4.69) is 39.0 Å². The lowest BCUT2D eigenvalue weighted by molar-refractivity contribution is 0.128. The Balaban J connectivity index is 1.25. The van der Waals surface area contributed by atoms with Gasteiger partial charge in [-0.15, -0.1) is 0 Å². The number of pyridine rings is 1. The van der Waals surface area contributed by atoms with E-state index in [1.807, 2.05) is 12.4 Å². The summed E-state index contributed by atoms with van der Waals surface area (Å²) in [6.07, 6.45) is 8.23. The number of aromatic nitrogens is 1. The molecule has 1 fully saturated rings. The molecule has 150 valence electrons. The fourth-order valence-electron chi connectivity index (χ4n) is 4.67. The minimum atomic E-state index is -0.235. The molecular formula is C24H27N3O2. The molecule has 0 atom stereocenters. The van der Waals surface area contributed by atoms with E-state index in [0.29, 0.717) is 0 Å². The lowest BCUT2D eigenvalue weighted by Crippen LogP contribution is -2.46. The Kier molecular flexibility index (Phi) is 5.17. The molecule has 2 aromatic heterocycles. The zero-order valence-corrected chi connectivity index (χ0v) is 16.8. The zero-order chi connectivity index (χ0) is 19.6. The molecule has 1 saturated heterocycles. The number of hydrogen-bond donors (Lipinski definition) is 0. The van der Waals surface area contributed by atoms with E-state index in [4.69, 9.17) is 4.42 Å². The second-order valence-corrected chi connectivity index (χ2v) is 8.28. The Labute approximate surface area is 171 Å². The quantitative estimate of drug-likeness (QED) is 0.628. The van der Waals surface area contributed by atoms with Crippen LogP contribution in [0, 0.1) is 0 Å². The number of piperazine rings is 1. The van der Waals surface area contributed by atoms with Gasteiger partial charge in [-0.3, -0.25) is 9.88 Å². The average molecular weight is 389 g/mol. The summed E-state index contributed by atoms with van der Waals surface area (Å²) in [4.78, 5) is 21.2. The summed E-state index contributed by atoms with van der Waals surface area (Å²) in [5.74, 6) is 0. The van der Waals surface area contributed by atoms with Crippen molar-refractivity contribution in [1.29, 1.82) is 0 Å². The van der Waals surface area contributed by atoms with Crippen LogP contribution in [0.25, 0.3) is 11.0 Å². The van der Waals surface area contributed by atoms with E-state index in [9.17, 15) is 4.79 Å². The highest BCUT2D eigenvalue weighted by molar-refractivity contribution is 5.82. The molecule has 29 heavy (non-hydrogen) atoms. The van der Waals surface area contributed by atoms with Crippen LogP contribution in [-0.2, 0) is 25.8 Å². The summed E-state index contributed by atoms with van der Waals surface area (Å²) >= 11 is 0. The fraction of sp³-hybridized carbons (Fsp3) is 0.417. The maximum absolute atomic E-state index is 12.1. The van der Waals surface area contributed by atoms with Gasteiger partial charge in [0.2, 0.25) is 0 Å². The third-order valence-corrected chi connectivity index (χ3v) is 6.37. The Bertz CT molecular complexity index is 1050. The van der Waals surface area contributed by atoms with E-state index >= 15 is 0 Å². The predicted octanol–water partition coefficient (Wildman–Crippen LogP) is 3.04. The Hall–Kier alpha value is -2.50. The van der Waals surface area contributed by atoms with Crippen molar-refractivity contribution < 1.29 is 4.42 Å². The van der Waals surface area contributed by atoms with Gasteiger partial charge >= 0.3 is 5.63 Å². The third kappa shape index (κ3) is 4.11. The summed E-state index contributed by atoms with van der Waals surface area (Å²) in [5, 5.41) is 1.12. The first-order valence-electron chi connectivity index (χ1n) is 10.7. The topological polar surface area (TPSA) is 49.6 Å². The lowest BCUT2D eigenvalue weighted by Gasteiger charge is -2.34. The first-order chi connectivity index (χ1) is 14.2. The van der Waals surface area contributed by atoms with Gasteiger partial charge < -0.3 is 9.32 Å². The number of aryl methyl sites for hydroxylation is 2. The van der Waals surface area contributed by atoms with Crippen LogP contribution in [0.5, 0.6) is 0 Å². The smallest absolute Gasteiger partial charge is 0.336 e. The van der Waals surface area contributed by atoms with Gasteiger partial charge in [0.05, 0.1) is 0 Å². The van der Waals surface area contributed by atoms with Gasteiger partial charge in [-0.05, 0) is 72.2 Å². The first-order valence-corrected chi connectivity index (χ1v) is 10.7. The van der Waals surface area contributed by atoms with E-state index in [1.54, 1.807) is 6.07 Å². The number of nitrogens with zero attached hydrogens (tertiary/aromatic N) is 3. The van der Waals surface area contributed by atoms with Crippen molar-refractivity contribution in [3.63, 3.8) is 0 Å². The molecule has 1 aliphatic carbocycles. The minimum Gasteiger partial charge on any atom is -0.423 e. The monoisotopic (exact) mass is 389 g/mol. The second-order valence-electron chi connectivity index (χ2n) is 8.28. The molecular weight excluding hydrogens is 362 g/mol. The standard InChI is InChI=1S/C24H27N3O2/c28-24-16-21(22-14-19-2-1-3-20(19)15-23(22)29-24)17-27-12-10-26(11-13-27)9-6-18-4-7-25-8-5-18/h4-5,7-8,14-16H,1-3,6,9-13,17H2. The number of benzene rings is 1. The predicted molar refractivity (Wildman–Crippen MR) is 114 cm³/mol. The summed E-state index contributed by atoms with van der Waals surface area (Å²) in [5.41, 5.74) is 5.74. The molecule has 5 heteroatoms. The van der Waals surface area contributed by atoms with Crippen molar-refractivity contribution in [3.8, 4) is 0 Å². The summed E-state index contributed by atoms with van der Waals surface area (Å²) in [6, 6.07) is 10.2. The first kappa shape index (κ1) is 18.5. The number of hydrogen-bond acceptors (Lipinski definition) is 5. The molecule has 5 nitrogen and oxygen atoms in total. The van der Waals surface area contributed by atoms with Crippen molar-refractivity contribution in [2.24, 2.45) is 0 Å². The highest BCUT2D eigenvalue weighted by Crippen LogP contribution is 2.29. The van der Waals surface area contributed by atoms with E-state index < -0.39 is 0 Å². The van der Waals surface area contributed by atoms with Gasteiger partial charge in [-0.25, -0.2) is 4.79 Å². The van der Waals surface area contributed by atoms with Gasteiger partial charge in [-0.2, -0.15) is 0 Å². The van der Waals surface area contributed by atoms with Gasteiger partial charge in [0.25, 0.3) is 0 Å². The summed E-state index contributed by atoms with van der Waals surface area (Å²) in [6.45, 7) is 6.10. The molecule has 0 N–H and O–H groups in total. The number of fused-ring (bicyclic) bond motifs is 2. The maximum atomic E-state index is 12.1. The number of rotatable bonds is 5. The van der Waals surface area contributed by atoms with Crippen molar-refractivity contribution in [3.05, 3.63) is 75.4 Å². The Morgan fingerprint density at radius 3 is 2.45 bits per heavy atom. The van der Waals surface area contributed by atoms with Crippen molar-refractivity contribution in [2.45, 2.75) is 32.2 Å². The second kappa shape index (κ2) is 8.09. The maximum Gasteiger partial charge on any atom is 0.336 e. The van der Waals surface area contributed by atoms with Gasteiger partial charge in [0, 0.05) is 63.1 Å². The molecule has 3 heterocycles. The third-order valence-electron chi connectivity index (χ3n) is 6.37. The van der Waals surface area contributed by atoms with E-state index in [-0.39, 0.29) is 5.63 Å². The van der Waals surface area contributed by atoms with Crippen LogP contribution in [0.2, 0.25) is 0 Å². The molecule has 1 aromatic carbocycles. The molecule has 0 radical (unpaired) electrons. The SMILES string of the molecule is O=c1cc(CN2CCN(CCc3ccncc3)CC2)c2cc3c(cc2o1)CCC3. The molecule has 0 saturated carbocycles. The van der Waals surface area contributed by atoms with Crippen LogP contribution >= 0.6 is 0 Å². The molecule has 0 amide bonds. The van der Waals surface area contributed by atoms with Crippen LogP contribution in [0.3, 0.4) is 0 Å². The van der Waals surface area contributed by atoms with Gasteiger partial charge in [-0.1, -0.05) is 0 Å². The average Bonchev–Trinajstić information content (AvgIpc) is 3.20. The van der Waals surface area contributed by atoms with Crippen LogP contribution in [-0.4, -0.2) is 47.5 Å². The summed E-state index contributed by atoms with van der Waals surface area (Å²) < 4.78 is 5.52. The fourth-order valence-corrected chi connectivity index (χ4v) is 4.67. The Morgan fingerprint density at radius 1 is 0.931 bits per heavy atom. The highest BCUT2D eigenvalue weighted by Gasteiger charge is 2.20. The molecule has 2 aliphatic rings. The molecule has 3 aromatic rings. The molecule has 0 bridgehead atoms. The van der Waals surface area contributed by atoms with Gasteiger partial charge in [0.1, 0.15) is 5.58 Å². The van der Waals surface area contributed by atoms with E-state index in [0.717, 1.165) is 75.1 Å². The van der Waals surface area contributed by atoms with Crippen molar-refractivity contribution in [2.75, 3.05) is 32.7 Å². The van der Waals surface area contributed by atoms with Crippen LogP contribution < -0.4 is 5.63 Å². The van der Waals surface area contributed by atoms with Crippen LogP contribution in [0.1, 0.15) is 28.7 Å². The van der Waals surface area contributed by atoms with Crippen molar-refractivity contribution >= 4 is 11.0 Å². The molecule has 1 aliphatic heterocycles. The van der Waals surface area contributed by atoms with E-state index in [1.165, 1.54) is 23.1 Å². The highest BCUT2D eigenvalue weighted by atomic mass is 16.4. The molecule has 0 unspecified atom stereocenters. The van der Waals surface area contributed by atoms with Crippen molar-refractivity contribution in [1.82, 2.24) is 14.8 Å². The van der Waals surface area contributed by atoms with Crippen LogP contribution in [0.4, 0.5) is 0 Å². The van der Waals surface area contributed by atoms with Crippen LogP contribution in [0.15, 0.2) is 51.9 Å². The molecule has 0 spiro atoms. The minimum absolute atomic E-state index is 0.235. The normalized spacial score (nSPS) is 17.7. The molecule has 5 rings (SSSR count). The Morgan fingerprint density at radius 2 is 1.66 bits per heavy atom. The van der Waals surface area contributed by atoms with Gasteiger partial charge in [0.15, 0.2) is 0 Å². The lowest BCUT2D eigenvalue weighted by atomic mass is 10.0. The zero-order valence-electron chi connectivity index (χ0n) is 16.8.